The second-order valence-corrected chi connectivity index (χ2v) is 6.75. The summed E-state index contributed by atoms with van der Waals surface area (Å²) in [6, 6.07) is 10.5. The zero-order chi connectivity index (χ0) is 21.0. The molecule has 0 radical (unpaired) electrons. The van der Waals surface area contributed by atoms with Gasteiger partial charge in [-0.3, -0.25) is 4.79 Å². The lowest BCUT2D eigenvalue weighted by Gasteiger charge is -2.18. The van der Waals surface area contributed by atoms with Gasteiger partial charge in [0.1, 0.15) is 6.04 Å². The van der Waals surface area contributed by atoms with E-state index in [-0.39, 0.29) is 29.3 Å². The maximum Gasteiger partial charge on any atom is 0.328 e. The first kappa shape index (κ1) is 20.8. The molecule has 2 unspecified atom stereocenters. The zero-order valence-corrected chi connectivity index (χ0v) is 16.3. The first-order chi connectivity index (χ1) is 13.9. The number of carbonyl (C=O) groups is 2. The molecule has 3 aromatic rings. The summed E-state index contributed by atoms with van der Waals surface area (Å²) in [6.07, 6.45) is 2.01. The fraction of sp³-hybridized carbons (Fsp3) is 0.200. The number of amides is 1. The Balaban J connectivity index is 1.84. The normalized spacial score (nSPS) is 13.1. The molecule has 1 aromatic heterocycles. The van der Waals surface area contributed by atoms with E-state index in [0.717, 1.165) is 16.5 Å². The highest BCUT2D eigenvalue weighted by molar-refractivity contribution is 6.34. The Kier molecular flexibility index (Phi) is 6.50. The topological polar surface area (TPSA) is 119 Å². The van der Waals surface area contributed by atoms with E-state index in [1.54, 1.807) is 13.1 Å². The van der Waals surface area contributed by atoms with Crippen LogP contribution in [0.3, 0.4) is 0 Å². The van der Waals surface area contributed by atoms with Crippen molar-refractivity contribution in [2.24, 2.45) is 0 Å². The predicted molar refractivity (Wildman–Crippen MR) is 107 cm³/mol. The van der Waals surface area contributed by atoms with Gasteiger partial charge in [0, 0.05) is 35.7 Å². The Bertz CT molecular complexity index is 1030. The van der Waals surface area contributed by atoms with Crippen molar-refractivity contribution < 1.29 is 24.8 Å². The van der Waals surface area contributed by atoms with E-state index in [4.69, 9.17) is 21.5 Å². The van der Waals surface area contributed by atoms with Gasteiger partial charge in [-0.25, -0.2) is 10.0 Å². The first-order valence-corrected chi connectivity index (χ1v) is 9.33. The number of hydrogen-bond donors (Lipinski definition) is 4. The van der Waals surface area contributed by atoms with Crippen LogP contribution < -0.4 is 10.5 Å². The van der Waals surface area contributed by atoms with Crippen molar-refractivity contribution in [1.82, 2.24) is 10.3 Å². The molecule has 0 fully saturated rings. The molecule has 29 heavy (non-hydrogen) atoms. The number of quaternary nitrogens is 1. The number of carbonyl (C=O) groups excluding carboxylic acids is 2. The highest BCUT2D eigenvalue weighted by atomic mass is 35.5. The Hall–Kier alpha value is -2.91. The number of hydrogen-bond acceptors (Lipinski definition) is 5. The second-order valence-electron chi connectivity index (χ2n) is 6.34. The number of rotatable bonds is 7. The van der Waals surface area contributed by atoms with Crippen molar-refractivity contribution >= 4 is 40.1 Å². The molecule has 2 atom stereocenters. The van der Waals surface area contributed by atoms with Gasteiger partial charge in [0.25, 0.3) is 5.91 Å². The van der Waals surface area contributed by atoms with Gasteiger partial charge >= 0.3 is 5.97 Å². The van der Waals surface area contributed by atoms with Gasteiger partial charge in [0.05, 0.1) is 17.2 Å². The number of H-pyrrole nitrogens is 1. The molecule has 0 aliphatic carbocycles. The number of para-hydroxylation sites is 1. The third kappa shape index (κ3) is 4.75. The van der Waals surface area contributed by atoms with E-state index < -0.39 is 23.1 Å². The smallest absolute Gasteiger partial charge is 0.328 e. The maximum atomic E-state index is 12.7. The minimum atomic E-state index is -1.15. The third-order valence-electron chi connectivity index (χ3n) is 4.44. The number of nitrogens with one attached hydrogen (secondary N) is 3. The van der Waals surface area contributed by atoms with Gasteiger partial charge in [-0.05, 0) is 24.6 Å². The van der Waals surface area contributed by atoms with Crippen molar-refractivity contribution in [3.8, 4) is 0 Å². The number of aromatic nitrogens is 1. The van der Waals surface area contributed by atoms with Crippen LogP contribution in [0.25, 0.3) is 10.9 Å². The molecule has 8 nitrogen and oxygen atoms in total. The summed E-state index contributed by atoms with van der Waals surface area (Å²) in [5.74, 6) is -1.16. The predicted octanol–water partition coefficient (Wildman–Crippen LogP) is 2.13. The largest absolute Gasteiger partial charge is 0.595 e. The minimum absolute atomic E-state index is 0.0166. The Morgan fingerprint density at radius 3 is 2.76 bits per heavy atom. The number of benzene rings is 2. The molecule has 3 rings (SSSR count). The Labute approximate surface area is 171 Å². The van der Waals surface area contributed by atoms with Gasteiger partial charge in [0.15, 0.2) is 5.69 Å². The Morgan fingerprint density at radius 1 is 1.31 bits per heavy atom. The summed E-state index contributed by atoms with van der Waals surface area (Å²) >= 11 is 6.07. The summed E-state index contributed by atoms with van der Waals surface area (Å²) in [4.78, 5) is 28.3. The molecule has 0 bridgehead atoms. The number of ether oxygens (including phenoxy) is 1. The molecule has 2 aromatic carbocycles. The molecule has 1 heterocycles. The highest BCUT2D eigenvalue weighted by Crippen LogP contribution is 2.21. The highest BCUT2D eigenvalue weighted by Gasteiger charge is 2.25. The van der Waals surface area contributed by atoms with Crippen molar-refractivity contribution in [1.29, 1.82) is 0 Å². The SMILES string of the molecule is CCOC(=O)C(Cc1c[nH]c2ccccc12)NC(=O)c1ccc([NH+]([O-])O)cc1Cl. The van der Waals surface area contributed by atoms with Crippen molar-refractivity contribution in [2.75, 3.05) is 6.61 Å². The number of esters is 1. The fourth-order valence-electron chi connectivity index (χ4n) is 3.02. The molecule has 0 spiro atoms. The third-order valence-corrected chi connectivity index (χ3v) is 4.75. The molecule has 0 saturated heterocycles. The van der Waals surface area contributed by atoms with E-state index in [0.29, 0.717) is 0 Å². The van der Waals surface area contributed by atoms with E-state index in [1.165, 1.54) is 18.2 Å². The van der Waals surface area contributed by atoms with Crippen LogP contribution >= 0.6 is 11.6 Å². The molecule has 4 N–H and O–H groups in total. The summed E-state index contributed by atoms with van der Waals surface area (Å²) in [6.45, 7) is 1.86. The van der Waals surface area contributed by atoms with E-state index in [1.807, 2.05) is 24.3 Å². The summed E-state index contributed by atoms with van der Waals surface area (Å²) in [5, 5.41) is 22.5. The fourth-order valence-corrected chi connectivity index (χ4v) is 3.29. The van der Waals surface area contributed by atoms with Gasteiger partial charge in [-0.1, -0.05) is 29.8 Å². The minimum Gasteiger partial charge on any atom is -0.595 e. The molecule has 0 aliphatic heterocycles. The molecular formula is C20H20ClN3O5. The molecule has 0 saturated carbocycles. The van der Waals surface area contributed by atoms with Crippen LogP contribution in [0.4, 0.5) is 5.69 Å². The van der Waals surface area contributed by atoms with Gasteiger partial charge in [-0.15, -0.1) is 0 Å². The van der Waals surface area contributed by atoms with Crippen LogP contribution in [-0.4, -0.2) is 34.7 Å². The standard InChI is InChI=1S/C20H20ClN3O5/c1-2-29-20(26)18(9-12-11-22-17-6-4-3-5-14(12)17)23-19(25)15-8-7-13(24(27)28)10-16(15)21/h3-8,10-11,18,22,24,27H,2,9H2,1H3,(H,23,25). The lowest BCUT2D eigenvalue weighted by Crippen LogP contribution is -2.99. The van der Waals surface area contributed by atoms with Crippen LogP contribution in [-0.2, 0) is 16.0 Å². The molecule has 152 valence electrons. The number of fused-ring (bicyclic) bond motifs is 1. The van der Waals surface area contributed by atoms with Crippen molar-refractivity contribution in [3.63, 3.8) is 0 Å². The van der Waals surface area contributed by atoms with E-state index >= 15 is 0 Å². The average Bonchev–Trinajstić information content (AvgIpc) is 3.10. The summed E-state index contributed by atoms with van der Waals surface area (Å²) in [7, 11) is 0. The van der Waals surface area contributed by atoms with Gasteiger partial charge in [0.2, 0.25) is 0 Å². The lowest BCUT2D eigenvalue weighted by molar-refractivity contribution is -0.991. The average molecular weight is 418 g/mol. The second kappa shape index (κ2) is 9.06. The first-order valence-electron chi connectivity index (χ1n) is 8.96. The Morgan fingerprint density at radius 2 is 2.07 bits per heavy atom. The number of halogens is 1. The monoisotopic (exact) mass is 417 g/mol. The maximum absolute atomic E-state index is 12.7. The van der Waals surface area contributed by atoms with Crippen molar-refractivity contribution in [3.05, 3.63) is 70.0 Å². The quantitative estimate of drug-likeness (QED) is 0.347. The van der Waals surface area contributed by atoms with Gasteiger partial charge < -0.3 is 20.2 Å². The summed E-state index contributed by atoms with van der Waals surface area (Å²) in [5.41, 5.74) is 1.81. The van der Waals surface area contributed by atoms with E-state index in [2.05, 4.69) is 10.3 Å². The van der Waals surface area contributed by atoms with E-state index in [9.17, 15) is 14.8 Å². The molecular weight excluding hydrogens is 398 g/mol. The molecule has 9 heteroatoms. The van der Waals surface area contributed by atoms with Gasteiger partial charge in [-0.2, -0.15) is 5.23 Å². The summed E-state index contributed by atoms with van der Waals surface area (Å²) < 4.78 is 5.11. The van der Waals surface area contributed by atoms with Crippen LogP contribution in [0.1, 0.15) is 22.8 Å². The van der Waals surface area contributed by atoms with Crippen LogP contribution in [0.5, 0.6) is 0 Å². The lowest BCUT2D eigenvalue weighted by atomic mass is 10.0. The zero-order valence-electron chi connectivity index (χ0n) is 15.6. The van der Waals surface area contributed by atoms with Crippen molar-refractivity contribution in [2.45, 2.75) is 19.4 Å². The number of aromatic amines is 1. The van der Waals surface area contributed by atoms with Crippen LogP contribution in [0.2, 0.25) is 5.02 Å². The van der Waals surface area contributed by atoms with Crippen LogP contribution in [0.15, 0.2) is 48.7 Å². The molecule has 0 aliphatic rings. The van der Waals surface area contributed by atoms with Crippen LogP contribution in [0, 0.1) is 5.21 Å². The molecule has 1 amide bonds.